The fraction of sp³-hybridized carbons (Fsp3) is 0.739. The second-order valence-corrected chi connectivity index (χ2v) is 7.36. The zero-order valence-corrected chi connectivity index (χ0v) is 16.6. The molecule has 0 spiro atoms. The quantitative estimate of drug-likeness (QED) is 0.256. The molecule has 25 heavy (non-hydrogen) atoms. The van der Waals surface area contributed by atoms with Gasteiger partial charge in [0.2, 0.25) is 0 Å². The van der Waals surface area contributed by atoms with E-state index in [1.807, 2.05) is 18.2 Å². The van der Waals surface area contributed by atoms with Crippen molar-refractivity contribution < 1.29 is 9.84 Å². The summed E-state index contributed by atoms with van der Waals surface area (Å²) in [5.74, 6) is 0.766. The van der Waals surface area contributed by atoms with Gasteiger partial charge in [-0.2, -0.15) is 0 Å². The van der Waals surface area contributed by atoms with Crippen molar-refractivity contribution in [2.75, 3.05) is 0 Å². The first kappa shape index (κ1) is 22.0. The standard InChI is InChI=1S/C23H40O2/c1-3-4-5-6-7-8-9-10-11-12-13-14-15-17-22-18-16-19-23(20-22)25-21(2)24/h16,18-21,24H,3-15,17H2,1-2H3. The van der Waals surface area contributed by atoms with Crippen LogP contribution in [0.2, 0.25) is 0 Å². The molecule has 1 rings (SSSR count). The smallest absolute Gasteiger partial charge is 0.194 e. The number of aliphatic hydroxyl groups is 1. The van der Waals surface area contributed by atoms with Gasteiger partial charge in [-0.25, -0.2) is 0 Å². The lowest BCUT2D eigenvalue weighted by atomic mass is 10.0. The van der Waals surface area contributed by atoms with Gasteiger partial charge in [-0.3, -0.25) is 0 Å². The second-order valence-electron chi connectivity index (χ2n) is 7.36. The van der Waals surface area contributed by atoms with Gasteiger partial charge < -0.3 is 9.84 Å². The number of hydrogen-bond acceptors (Lipinski definition) is 2. The number of unbranched alkanes of at least 4 members (excludes halogenated alkanes) is 12. The Bertz CT molecular complexity index is 414. The fourth-order valence-corrected chi connectivity index (χ4v) is 3.32. The number of hydrogen-bond donors (Lipinski definition) is 1. The first-order valence-electron chi connectivity index (χ1n) is 10.7. The van der Waals surface area contributed by atoms with Crippen LogP contribution in [0.3, 0.4) is 0 Å². The second kappa shape index (κ2) is 15.3. The maximum absolute atomic E-state index is 9.27. The number of ether oxygens (including phenoxy) is 1. The van der Waals surface area contributed by atoms with E-state index in [1.165, 1.54) is 89.0 Å². The SMILES string of the molecule is CCCCCCCCCCCCCCCc1cccc(OC(C)O)c1. The van der Waals surface area contributed by atoms with E-state index in [0.717, 1.165) is 12.2 Å². The van der Waals surface area contributed by atoms with Crippen LogP contribution < -0.4 is 4.74 Å². The molecule has 0 bridgehead atoms. The van der Waals surface area contributed by atoms with Crippen LogP contribution in [0.25, 0.3) is 0 Å². The molecule has 0 amide bonds. The van der Waals surface area contributed by atoms with E-state index in [4.69, 9.17) is 4.74 Å². The Morgan fingerprint density at radius 3 is 1.84 bits per heavy atom. The molecular weight excluding hydrogens is 308 g/mol. The van der Waals surface area contributed by atoms with Gasteiger partial charge in [-0.1, -0.05) is 96.1 Å². The molecule has 2 nitrogen and oxygen atoms in total. The van der Waals surface area contributed by atoms with Crippen LogP contribution in [0.4, 0.5) is 0 Å². The van der Waals surface area contributed by atoms with Gasteiger partial charge in [-0.05, 0) is 37.5 Å². The Labute approximate surface area is 156 Å². The van der Waals surface area contributed by atoms with E-state index in [1.54, 1.807) is 6.92 Å². The largest absolute Gasteiger partial charge is 0.465 e. The van der Waals surface area contributed by atoms with E-state index >= 15 is 0 Å². The van der Waals surface area contributed by atoms with Gasteiger partial charge in [0.15, 0.2) is 6.29 Å². The van der Waals surface area contributed by atoms with Crippen molar-refractivity contribution in [3.05, 3.63) is 29.8 Å². The first-order chi connectivity index (χ1) is 12.2. The molecule has 0 aliphatic carbocycles. The number of aliphatic hydroxyl groups excluding tert-OH is 1. The van der Waals surface area contributed by atoms with Crippen LogP contribution in [-0.2, 0) is 6.42 Å². The summed E-state index contributed by atoms with van der Waals surface area (Å²) in [7, 11) is 0. The highest BCUT2D eigenvalue weighted by atomic mass is 16.6. The summed E-state index contributed by atoms with van der Waals surface area (Å²) < 4.78 is 5.33. The highest BCUT2D eigenvalue weighted by Crippen LogP contribution is 2.17. The van der Waals surface area contributed by atoms with Crippen LogP contribution in [0.1, 0.15) is 103 Å². The van der Waals surface area contributed by atoms with Crippen LogP contribution in [0.15, 0.2) is 24.3 Å². The molecule has 0 saturated carbocycles. The van der Waals surface area contributed by atoms with Crippen molar-refractivity contribution in [3.8, 4) is 5.75 Å². The molecule has 1 aromatic rings. The molecule has 0 aliphatic rings. The zero-order valence-electron chi connectivity index (χ0n) is 16.6. The number of benzene rings is 1. The fourth-order valence-electron chi connectivity index (χ4n) is 3.32. The van der Waals surface area contributed by atoms with Crippen LogP contribution in [0, 0.1) is 0 Å². The van der Waals surface area contributed by atoms with Gasteiger partial charge in [-0.15, -0.1) is 0 Å². The minimum atomic E-state index is -0.744. The first-order valence-corrected chi connectivity index (χ1v) is 10.7. The van der Waals surface area contributed by atoms with Gasteiger partial charge in [0.1, 0.15) is 5.75 Å². The lowest BCUT2D eigenvalue weighted by Gasteiger charge is -2.10. The maximum atomic E-state index is 9.27. The van der Waals surface area contributed by atoms with E-state index in [0.29, 0.717) is 0 Å². The van der Waals surface area contributed by atoms with Crippen LogP contribution in [-0.4, -0.2) is 11.4 Å². The van der Waals surface area contributed by atoms with Crippen LogP contribution in [0.5, 0.6) is 5.75 Å². The van der Waals surface area contributed by atoms with E-state index < -0.39 is 6.29 Å². The van der Waals surface area contributed by atoms with Crippen molar-refractivity contribution in [1.29, 1.82) is 0 Å². The van der Waals surface area contributed by atoms with Crippen molar-refractivity contribution in [2.45, 2.75) is 110 Å². The molecule has 0 fully saturated rings. The third-order valence-corrected chi connectivity index (χ3v) is 4.77. The third-order valence-electron chi connectivity index (χ3n) is 4.77. The summed E-state index contributed by atoms with van der Waals surface area (Å²) in [5, 5.41) is 9.27. The molecule has 0 heterocycles. The van der Waals surface area contributed by atoms with Crippen molar-refractivity contribution in [1.82, 2.24) is 0 Å². The summed E-state index contributed by atoms with van der Waals surface area (Å²) in [6.07, 6.45) is 18.5. The average molecular weight is 349 g/mol. The van der Waals surface area contributed by atoms with E-state index in [-0.39, 0.29) is 0 Å². The van der Waals surface area contributed by atoms with E-state index in [2.05, 4.69) is 13.0 Å². The lowest BCUT2D eigenvalue weighted by Crippen LogP contribution is -2.09. The molecule has 2 heteroatoms. The molecule has 0 saturated heterocycles. The summed E-state index contributed by atoms with van der Waals surface area (Å²) in [6, 6.07) is 8.11. The summed E-state index contributed by atoms with van der Waals surface area (Å²) >= 11 is 0. The topological polar surface area (TPSA) is 29.5 Å². The Hall–Kier alpha value is -1.02. The summed E-state index contributed by atoms with van der Waals surface area (Å²) in [6.45, 7) is 3.92. The molecule has 1 N–H and O–H groups in total. The summed E-state index contributed by atoms with van der Waals surface area (Å²) in [5.41, 5.74) is 1.31. The molecular formula is C23H40O2. The van der Waals surface area contributed by atoms with Gasteiger partial charge in [0.25, 0.3) is 0 Å². The predicted molar refractivity (Wildman–Crippen MR) is 108 cm³/mol. The van der Waals surface area contributed by atoms with Crippen molar-refractivity contribution in [3.63, 3.8) is 0 Å². The maximum Gasteiger partial charge on any atom is 0.194 e. The lowest BCUT2D eigenvalue weighted by molar-refractivity contribution is -0.000336. The highest BCUT2D eigenvalue weighted by Gasteiger charge is 2.00. The molecule has 1 atom stereocenters. The molecule has 1 aromatic carbocycles. The monoisotopic (exact) mass is 348 g/mol. The molecule has 0 aliphatic heterocycles. The predicted octanol–water partition coefficient (Wildman–Crippen LogP) is 7.04. The molecule has 0 aromatic heterocycles. The van der Waals surface area contributed by atoms with Gasteiger partial charge in [0, 0.05) is 0 Å². The van der Waals surface area contributed by atoms with E-state index in [9.17, 15) is 5.11 Å². The van der Waals surface area contributed by atoms with Gasteiger partial charge in [0.05, 0.1) is 0 Å². The average Bonchev–Trinajstić information content (AvgIpc) is 2.59. The minimum Gasteiger partial charge on any atom is -0.465 e. The third kappa shape index (κ3) is 12.9. The van der Waals surface area contributed by atoms with Gasteiger partial charge >= 0.3 is 0 Å². The Kier molecular flexibility index (Phi) is 13.4. The Morgan fingerprint density at radius 2 is 1.32 bits per heavy atom. The Balaban J connectivity index is 1.92. The minimum absolute atomic E-state index is 0.744. The van der Waals surface area contributed by atoms with Crippen molar-refractivity contribution >= 4 is 0 Å². The van der Waals surface area contributed by atoms with Crippen molar-refractivity contribution in [2.24, 2.45) is 0 Å². The van der Waals surface area contributed by atoms with Crippen LogP contribution >= 0.6 is 0 Å². The molecule has 144 valence electrons. The number of rotatable bonds is 16. The molecule has 0 radical (unpaired) electrons. The number of aryl methyl sites for hydroxylation is 1. The highest BCUT2D eigenvalue weighted by molar-refractivity contribution is 5.28. The summed E-state index contributed by atoms with van der Waals surface area (Å²) in [4.78, 5) is 0. The Morgan fingerprint density at radius 1 is 0.800 bits per heavy atom. The normalized spacial score (nSPS) is 12.3. The molecule has 1 unspecified atom stereocenters. The zero-order chi connectivity index (χ0) is 18.2.